The summed E-state index contributed by atoms with van der Waals surface area (Å²) in [6.07, 6.45) is -0.264. The molecular weight excluding hydrogens is 268 g/mol. The van der Waals surface area contributed by atoms with E-state index in [1.54, 1.807) is 39.5 Å². The summed E-state index contributed by atoms with van der Waals surface area (Å²) in [5.41, 5.74) is 1.64. The first-order valence-electron chi connectivity index (χ1n) is 6.71. The van der Waals surface area contributed by atoms with E-state index in [1.165, 1.54) is 0 Å². The van der Waals surface area contributed by atoms with Crippen LogP contribution in [0.2, 0.25) is 0 Å². The zero-order chi connectivity index (χ0) is 15.2. The van der Waals surface area contributed by atoms with E-state index in [0.717, 1.165) is 11.3 Å². The maximum Gasteiger partial charge on any atom is 0.124 e. The largest absolute Gasteiger partial charge is 0.497 e. The number of aliphatic hydroxyl groups excluding tert-OH is 1. The fraction of sp³-hybridized carbons (Fsp3) is 0.294. The number of hydrogen-bond donors (Lipinski definition) is 1. The van der Waals surface area contributed by atoms with Crippen LogP contribution in [0.25, 0.3) is 0 Å². The maximum absolute atomic E-state index is 10.5. The zero-order valence-electron chi connectivity index (χ0n) is 12.5. The van der Waals surface area contributed by atoms with Crippen molar-refractivity contribution in [1.29, 1.82) is 0 Å². The minimum Gasteiger partial charge on any atom is -0.497 e. The second-order valence-corrected chi connectivity index (χ2v) is 4.64. The van der Waals surface area contributed by atoms with Crippen molar-refractivity contribution in [3.63, 3.8) is 0 Å². The molecule has 0 saturated heterocycles. The van der Waals surface area contributed by atoms with Crippen molar-refractivity contribution in [3.8, 4) is 17.2 Å². The molecule has 0 radical (unpaired) electrons. The average Bonchev–Trinajstić information content (AvgIpc) is 2.54. The standard InChI is InChI=1S/C17H20O4/c1-19-13-8-9-17(21-3)14(11-13)15(18)10-12-6-4-5-7-16(12)20-2/h4-9,11,15,18H,10H2,1-3H3. The summed E-state index contributed by atoms with van der Waals surface area (Å²) in [5, 5.41) is 10.5. The Hall–Kier alpha value is -2.20. The summed E-state index contributed by atoms with van der Waals surface area (Å²) in [5.74, 6) is 2.08. The lowest BCUT2D eigenvalue weighted by molar-refractivity contribution is 0.172. The van der Waals surface area contributed by atoms with Gasteiger partial charge in [0.2, 0.25) is 0 Å². The van der Waals surface area contributed by atoms with E-state index in [4.69, 9.17) is 14.2 Å². The predicted molar refractivity (Wildman–Crippen MR) is 81.2 cm³/mol. The van der Waals surface area contributed by atoms with Gasteiger partial charge in [0.05, 0.1) is 27.4 Å². The third kappa shape index (κ3) is 3.47. The van der Waals surface area contributed by atoms with Gasteiger partial charge in [-0.2, -0.15) is 0 Å². The van der Waals surface area contributed by atoms with Crippen molar-refractivity contribution in [1.82, 2.24) is 0 Å². The van der Waals surface area contributed by atoms with Crippen LogP contribution in [-0.2, 0) is 6.42 Å². The van der Waals surface area contributed by atoms with Crippen LogP contribution >= 0.6 is 0 Å². The van der Waals surface area contributed by atoms with Gasteiger partial charge in [-0.05, 0) is 29.8 Å². The molecule has 0 amide bonds. The summed E-state index contributed by atoms with van der Waals surface area (Å²) in [4.78, 5) is 0. The SMILES string of the molecule is COc1ccc(OC)c(C(O)Cc2ccccc2OC)c1. The van der Waals surface area contributed by atoms with E-state index < -0.39 is 6.10 Å². The molecule has 0 bridgehead atoms. The third-order valence-electron chi connectivity index (χ3n) is 3.40. The molecule has 2 aromatic carbocycles. The van der Waals surface area contributed by atoms with Gasteiger partial charge in [-0.15, -0.1) is 0 Å². The minimum atomic E-state index is -0.702. The molecule has 1 N–H and O–H groups in total. The van der Waals surface area contributed by atoms with E-state index in [1.807, 2.05) is 24.3 Å². The van der Waals surface area contributed by atoms with Gasteiger partial charge in [-0.25, -0.2) is 0 Å². The monoisotopic (exact) mass is 288 g/mol. The predicted octanol–water partition coefficient (Wildman–Crippen LogP) is 2.99. The van der Waals surface area contributed by atoms with Crippen LogP contribution in [-0.4, -0.2) is 26.4 Å². The van der Waals surface area contributed by atoms with Crippen molar-refractivity contribution < 1.29 is 19.3 Å². The average molecular weight is 288 g/mol. The molecule has 0 spiro atoms. The highest BCUT2D eigenvalue weighted by Gasteiger charge is 2.17. The maximum atomic E-state index is 10.5. The molecule has 4 heteroatoms. The van der Waals surface area contributed by atoms with Gasteiger partial charge in [0.25, 0.3) is 0 Å². The number of para-hydroxylation sites is 1. The summed E-state index contributed by atoms with van der Waals surface area (Å²) in [6, 6.07) is 13.0. The molecule has 0 aliphatic rings. The molecule has 4 nitrogen and oxygen atoms in total. The first-order chi connectivity index (χ1) is 10.2. The van der Waals surface area contributed by atoms with Crippen molar-refractivity contribution in [3.05, 3.63) is 53.6 Å². The molecule has 0 fully saturated rings. The topological polar surface area (TPSA) is 47.9 Å². The zero-order valence-corrected chi connectivity index (χ0v) is 12.5. The molecule has 0 aliphatic heterocycles. The Kier molecular flexibility index (Phi) is 5.06. The number of methoxy groups -OCH3 is 3. The fourth-order valence-electron chi connectivity index (χ4n) is 2.29. The highest BCUT2D eigenvalue weighted by molar-refractivity contribution is 5.43. The molecule has 0 aliphatic carbocycles. The molecule has 1 unspecified atom stereocenters. The van der Waals surface area contributed by atoms with Crippen LogP contribution in [0.1, 0.15) is 17.2 Å². The van der Waals surface area contributed by atoms with Gasteiger partial charge in [-0.1, -0.05) is 18.2 Å². The van der Waals surface area contributed by atoms with E-state index in [0.29, 0.717) is 23.5 Å². The Morgan fingerprint density at radius 2 is 1.62 bits per heavy atom. The fourth-order valence-corrected chi connectivity index (χ4v) is 2.29. The van der Waals surface area contributed by atoms with Crippen LogP contribution in [0.15, 0.2) is 42.5 Å². The number of benzene rings is 2. The van der Waals surface area contributed by atoms with Crippen molar-refractivity contribution in [2.45, 2.75) is 12.5 Å². The molecule has 2 rings (SSSR count). The minimum absolute atomic E-state index is 0.438. The lowest BCUT2D eigenvalue weighted by Crippen LogP contribution is -2.05. The lowest BCUT2D eigenvalue weighted by Gasteiger charge is -2.17. The Bertz CT molecular complexity index is 595. The summed E-state index contributed by atoms with van der Waals surface area (Å²) >= 11 is 0. The second kappa shape index (κ2) is 6.99. The Balaban J connectivity index is 2.29. The van der Waals surface area contributed by atoms with Gasteiger partial charge in [0.1, 0.15) is 17.2 Å². The third-order valence-corrected chi connectivity index (χ3v) is 3.40. The van der Waals surface area contributed by atoms with Gasteiger partial charge < -0.3 is 19.3 Å². The summed E-state index contributed by atoms with van der Waals surface area (Å²) < 4.78 is 15.8. The second-order valence-electron chi connectivity index (χ2n) is 4.64. The van der Waals surface area contributed by atoms with E-state index in [-0.39, 0.29) is 0 Å². The van der Waals surface area contributed by atoms with Gasteiger partial charge in [-0.3, -0.25) is 0 Å². The highest BCUT2D eigenvalue weighted by atomic mass is 16.5. The van der Waals surface area contributed by atoms with Crippen LogP contribution in [0, 0.1) is 0 Å². The van der Waals surface area contributed by atoms with Crippen LogP contribution in [0.3, 0.4) is 0 Å². The van der Waals surface area contributed by atoms with E-state index in [2.05, 4.69) is 0 Å². The number of hydrogen-bond acceptors (Lipinski definition) is 4. The molecule has 112 valence electrons. The lowest BCUT2D eigenvalue weighted by atomic mass is 9.99. The number of ether oxygens (including phenoxy) is 3. The van der Waals surface area contributed by atoms with Gasteiger partial charge in [0.15, 0.2) is 0 Å². The normalized spacial score (nSPS) is 11.8. The van der Waals surface area contributed by atoms with Crippen LogP contribution < -0.4 is 14.2 Å². The molecule has 1 atom stereocenters. The quantitative estimate of drug-likeness (QED) is 0.887. The number of rotatable bonds is 6. The summed E-state index contributed by atoms with van der Waals surface area (Å²) in [7, 11) is 4.80. The van der Waals surface area contributed by atoms with Crippen molar-refractivity contribution >= 4 is 0 Å². The molecule has 0 heterocycles. The van der Waals surface area contributed by atoms with Gasteiger partial charge in [0, 0.05) is 12.0 Å². The Morgan fingerprint density at radius 1 is 0.905 bits per heavy atom. The molecule has 2 aromatic rings. The summed E-state index contributed by atoms with van der Waals surface area (Å²) in [6.45, 7) is 0. The highest BCUT2D eigenvalue weighted by Crippen LogP contribution is 2.32. The molecule has 21 heavy (non-hydrogen) atoms. The Labute approximate surface area is 124 Å². The van der Waals surface area contributed by atoms with E-state index >= 15 is 0 Å². The van der Waals surface area contributed by atoms with Crippen LogP contribution in [0.4, 0.5) is 0 Å². The number of aliphatic hydroxyl groups is 1. The van der Waals surface area contributed by atoms with Crippen molar-refractivity contribution in [2.75, 3.05) is 21.3 Å². The first-order valence-corrected chi connectivity index (χ1v) is 6.71. The van der Waals surface area contributed by atoms with Crippen LogP contribution in [0.5, 0.6) is 17.2 Å². The molecular formula is C17H20O4. The van der Waals surface area contributed by atoms with Gasteiger partial charge >= 0.3 is 0 Å². The molecule has 0 saturated carbocycles. The van der Waals surface area contributed by atoms with E-state index in [9.17, 15) is 5.11 Å². The smallest absolute Gasteiger partial charge is 0.124 e. The van der Waals surface area contributed by atoms with Crippen molar-refractivity contribution in [2.24, 2.45) is 0 Å². The molecule has 0 aromatic heterocycles. The Morgan fingerprint density at radius 3 is 2.29 bits per heavy atom. The first kappa shape index (κ1) is 15.2.